The van der Waals surface area contributed by atoms with Crippen LogP contribution in [0.15, 0.2) is 30.3 Å². The Labute approximate surface area is 129 Å². The van der Waals surface area contributed by atoms with Gasteiger partial charge in [0.25, 0.3) is 0 Å². The number of hydrogen-bond acceptors (Lipinski definition) is 3. The number of nitrogens with zero attached hydrogens (tertiary/aromatic N) is 1. The highest BCUT2D eigenvalue weighted by atomic mass is 16.5. The molecule has 1 fully saturated rings. The summed E-state index contributed by atoms with van der Waals surface area (Å²) in [6.07, 6.45) is 2.73. The molecule has 118 valence electrons. The smallest absolute Gasteiger partial charge is 0.305 e. The van der Waals surface area contributed by atoms with Crippen molar-refractivity contribution in [3.63, 3.8) is 0 Å². The van der Waals surface area contributed by atoms with Crippen LogP contribution in [0.25, 0.3) is 0 Å². The molecule has 21 heavy (non-hydrogen) atoms. The third-order valence-corrected chi connectivity index (χ3v) is 3.68. The molecule has 3 heteroatoms. The molecule has 1 unspecified atom stereocenters. The van der Waals surface area contributed by atoms with E-state index in [1.807, 2.05) is 20.8 Å². The number of esters is 1. The zero-order valence-corrected chi connectivity index (χ0v) is 13.7. The van der Waals surface area contributed by atoms with Crippen LogP contribution in [0.3, 0.4) is 0 Å². The van der Waals surface area contributed by atoms with Crippen molar-refractivity contribution < 1.29 is 9.53 Å². The second kappa shape index (κ2) is 10.4. The molecule has 0 amide bonds. The van der Waals surface area contributed by atoms with Crippen LogP contribution in [0, 0.1) is 5.92 Å². The van der Waals surface area contributed by atoms with Crippen molar-refractivity contribution in [3.8, 4) is 0 Å². The van der Waals surface area contributed by atoms with E-state index in [9.17, 15) is 4.79 Å². The number of ether oxygens (including phenoxy) is 1. The topological polar surface area (TPSA) is 29.5 Å². The average Bonchev–Trinajstić information content (AvgIpc) is 2.96. The molecule has 1 aromatic carbocycles. The summed E-state index contributed by atoms with van der Waals surface area (Å²) in [5, 5.41) is 0. The van der Waals surface area contributed by atoms with E-state index in [4.69, 9.17) is 4.74 Å². The van der Waals surface area contributed by atoms with E-state index >= 15 is 0 Å². The van der Waals surface area contributed by atoms with Crippen LogP contribution in [-0.4, -0.2) is 30.6 Å². The van der Waals surface area contributed by atoms with Gasteiger partial charge < -0.3 is 4.74 Å². The highest BCUT2D eigenvalue weighted by molar-refractivity contribution is 5.69. The molecule has 1 heterocycles. The molecule has 1 saturated heterocycles. The number of carbonyl (C=O) groups excluding carboxylic acids is 1. The van der Waals surface area contributed by atoms with Crippen molar-refractivity contribution in [2.75, 3.05) is 19.7 Å². The number of benzene rings is 1. The lowest BCUT2D eigenvalue weighted by Crippen LogP contribution is -2.20. The molecule has 0 spiro atoms. The Hall–Kier alpha value is -1.35. The molecule has 1 aliphatic heterocycles. The Morgan fingerprint density at radius 2 is 2.00 bits per heavy atom. The quantitative estimate of drug-likeness (QED) is 0.745. The molecular formula is C18H29NO2. The second-order valence-corrected chi connectivity index (χ2v) is 5.22. The van der Waals surface area contributed by atoms with Crippen molar-refractivity contribution in [2.24, 2.45) is 5.92 Å². The minimum absolute atomic E-state index is 0.0518. The van der Waals surface area contributed by atoms with Gasteiger partial charge in [-0.05, 0) is 37.8 Å². The van der Waals surface area contributed by atoms with E-state index in [0.717, 1.165) is 26.1 Å². The first kappa shape index (κ1) is 17.7. The minimum Gasteiger partial charge on any atom is -0.466 e. The van der Waals surface area contributed by atoms with Crippen LogP contribution in [0.1, 0.15) is 45.6 Å². The number of rotatable bonds is 6. The van der Waals surface area contributed by atoms with Gasteiger partial charge in [0.2, 0.25) is 0 Å². The summed E-state index contributed by atoms with van der Waals surface area (Å²) in [5.41, 5.74) is 1.37. The van der Waals surface area contributed by atoms with Crippen molar-refractivity contribution >= 4 is 5.97 Å². The van der Waals surface area contributed by atoms with Gasteiger partial charge >= 0.3 is 5.97 Å². The molecule has 1 atom stereocenters. The van der Waals surface area contributed by atoms with Gasteiger partial charge in [0, 0.05) is 19.5 Å². The zero-order valence-electron chi connectivity index (χ0n) is 13.7. The molecule has 0 bridgehead atoms. The third kappa shape index (κ3) is 6.76. The Morgan fingerprint density at radius 3 is 2.67 bits per heavy atom. The molecule has 0 saturated carbocycles. The van der Waals surface area contributed by atoms with Gasteiger partial charge in [-0.1, -0.05) is 44.2 Å². The van der Waals surface area contributed by atoms with Gasteiger partial charge in [0.15, 0.2) is 0 Å². The fraction of sp³-hybridized carbons (Fsp3) is 0.611. The molecule has 0 N–H and O–H groups in total. The Morgan fingerprint density at radius 1 is 1.29 bits per heavy atom. The lowest BCUT2D eigenvalue weighted by atomic mass is 10.0. The van der Waals surface area contributed by atoms with E-state index in [1.54, 1.807) is 0 Å². The SMILES string of the molecule is CC.CCOC(=O)CCC1CCN(Cc2ccccc2)C1. The maximum absolute atomic E-state index is 11.3. The predicted molar refractivity (Wildman–Crippen MR) is 87.0 cm³/mol. The second-order valence-electron chi connectivity index (χ2n) is 5.22. The molecule has 0 radical (unpaired) electrons. The fourth-order valence-corrected chi connectivity index (χ4v) is 2.69. The largest absolute Gasteiger partial charge is 0.466 e. The third-order valence-electron chi connectivity index (χ3n) is 3.68. The Balaban J connectivity index is 0.00000106. The first-order valence-electron chi connectivity index (χ1n) is 8.20. The Bertz CT molecular complexity index is 391. The highest BCUT2D eigenvalue weighted by Gasteiger charge is 2.22. The van der Waals surface area contributed by atoms with Crippen molar-refractivity contribution in [1.29, 1.82) is 0 Å². The van der Waals surface area contributed by atoms with Crippen LogP contribution in [0.4, 0.5) is 0 Å². The number of carbonyl (C=O) groups is 1. The maximum atomic E-state index is 11.3. The fourth-order valence-electron chi connectivity index (χ4n) is 2.69. The molecule has 3 nitrogen and oxygen atoms in total. The summed E-state index contributed by atoms with van der Waals surface area (Å²) in [6, 6.07) is 10.6. The van der Waals surface area contributed by atoms with Crippen molar-refractivity contribution in [2.45, 2.75) is 46.6 Å². The minimum atomic E-state index is -0.0518. The molecule has 1 aliphatic rings. The molecule has 0 aliphatic carbocycles. The van der Waals surface area contributed by atoms with E-state index in [0.29, 0.717) is 18.9 Å². The lowest BCUT2D eigenvalue weighted by molar-refractivity contribution is -0.143. The number of hydrogen-bond donors (Lipinski definition) is 0. The molecule has 0 aromatic heterocycles. The Kier molecular flexibility index (Phi) is 8.76. The van der Waals surface area contributed by atoms with Gasteiger partial charge in [-0.25, -0.2) is 0 Å². The van der Waals surface area contributed by atoms with Gasteiger partial charge in [0.1, 0.15) is 0 Å². The molecule has 1 aromatic rings. The van der Waals surface area contributed by atoms with Gasteiger partial charge in [-0.15, -0.1) is 0 Å². The summed E-state index contributed by atoms with van der Waals surface area (Å²) in [5.74, 6) is 0.595. The predicted octanol–water partition coefficient (Wildman–Crippen LogP) is 3.88. The summed E-state index contributed by atoms with van der Waals surface area (Å²) in [7, 11) is 0. The van der Waals surface area contributed by atoms with Crippen LogP contribution >= 0.6 is 0 Å². The van der Waals surface area contributed by atoms with E-state index in [2.05, 4.69) is 35.2 Å². The summed E-state index contributed by atoms with van der Waals surface area (Å²) in [4.78, 5) is 13.8. The average molecular weight is 291 g/mol. The van der Waals surface area contributed by atoms with E-state index in [1.165, 1.54) is 12.0 Å². The monoisotopic (exact) mass is 291 g/mol. The summed E-state index contributed by atoms with van der Waals surface area (Å²) in [6.45, 7) is 9.62. The molecular weight excluding hydrogens is 262 g/mol. The van der Waals surface area contributed by atoms with Gasteiger partial charge in [-0.3, -0.25) is 9.69 Å². The lowest BCUT2D eigenvalue weighted by Gasteiger charge is -2.16. The van der Waals surface area contributed by atoms with Crippen LogP contribution in [0.2, 0.25) is 0 Å². The zero-order chi connectivity index (χ0) is 15.5. The van der Waals surface area contributed by atoms with Gasteiger partial charge in [-0.2, -0.15) is 0 Å². The molecule has 2 rings (SSSR count). The first-order chi connectivity index (χ1) is 10.3. The van der Waals surface area contributed by atoms with Gasteiger partial charge in [0.05, 0.1) is 6.61 Å². The number of likely N-dealkylation sites (tertiary alicyclic amines) is 1. The standard InChI is InChI=1S/C16H23NO2.C2H6/c1-2-19-16(18)9-8-15-10-11-17(13-15)12-14-6-4-3-5-7-14;1-2/h3-7,15H,2,8-13H2,1H3;1-2H3. The maximum Gasteiger partial charge on any atom is 0.305 e. The highest BCUT2D eigenvalue weighted by Crippen LogP contribution is 2.22. The van der Waals surface area contributed by atoms with Crippen LogP contribution in [0.5, 0.6) is 0 Å². The van der Waals surface area contributed by atoms with Crippen LogP contribution < -0.4 is 0 Å². The first-order valence-corrected chi connectivity index (χ1v) is 8.20. The normalized spacial score (nSPS) is 18.0. The van der Waals surface area contributed by atoms with Crippen LogP contribution in [-0.2, 0) is 16.1 Å². The van der Waals surface area contributed by atoms with E-state index in [-0.39, 0.29) is 5.97 Å². The summed E-state index contributed by atoms with van der Waals surface area (Å²) >= 11 is 0. The summed E-state index contributed by atoms with van der Waals surface area (Å²) < 4.78 is 4.97. The van der Waals surface area contributed by atoms with E-state index < -0.39 is 0 Å². The van der Waals surface area contributed by atoms with Crippen molar-refractivity contribution in [1.82, 2.24) is 4.90 Å². The van der Waals surface area contributed by atoms with Crippen molar-refractivity contribution in [3.05, 3.63) is 35.9 Å².